The van der Waals surface area contributed by atoms with Gasteiger partial charge in [-0.1, -0.05) is 0 Å². The fraction of sp³-hybridized carbons (Fsp3) is 0.667. The van der Waals surface area contributed by atoms with Gasteiger partial charge in [0, 0.05) is 24.2 Å². The molecule has 2 atom stereocenters. The third kappa shape index (κ3) is 2.27. The minimum atomic E-state index is 0.393. The number of aromatic nitrogens is 1. The number of nitrogens with one attached hydrogen (secondary N) is 2. The zero-order valence-electron chi connectivity index (χ0n) is 7.79. The monoisotopic (exact) mass is 197 g/mol. The first kappa shape index (κ1) is 9.12. The second kappa shape index (κ2) is 4.17. The molecule has 2 heterocycles. The van der Waals surface area contributed by atoms with Crippen LogP contribution in [0.2, 0.25) is 0 Å². The van der Waals surface area contributed by atoms with Crippen LogP contribution in [0.1, 0.15) is 24.4 Å². The van der Waals surface area contributed by atoms with Gasteiger partial charge in [-0.15, -0.1) is 11.3 Å². The molecule has 0 aromatic carbocycles. The fourth-order valence-electron chi connectivity index (χ4n) is 1.67. The van der Waals surface area contributed by atoms with Gasteiger partial charge in [0.25, 0.3) is 0 Å². The van der Waals surface area contributed by atoms with Crippen molar-refractivity contribution in [2.24, 2.45) is 0 Å². The lowest BCUT2D eigenvalue weighted by Crippen LogP contribution is -2.33. The molecule has 72 valence electrons. The summed E-state index contributed by atoms with van der Waals surface area (Å²) in [5, 5.41) is 10.1. The predicted molar refractivity (Wildman–Crippen MR) is 54.9 cm³/mol. The minimum Gasteiger partial charge on any atom is -0.315 e. The highest BCUT2D eigenvalue weighted by molar-refractivity contribution is 7.09. The lowest BCUT2D eigenvalue weighted by molar-refractivity contribution is 0.477. The van der Waals surface area contributed by atoms with E-state index in [0.717, 1.165) is 13.1 Å². The van der Waals surface area contributed by atoms with E-state index in [1.807, 2.05) is 11.6 Å². The van der Waals surface area contributed by atoms with Gasteiger partial charge in [0.2, 0.25) is 0 Å². The molecule has 0 saturated carbocycles. The van der Waals surface area contributed by atoms with Crippen LogP contribution in [0.3, 0.4) is 0 Å². The van der Waals surface area contributed by atoms with E-state index in [9.17, 15) is 0 Å². The molecule has 0 aliphatic carbocycles. The van der Waals surface area contributed by atoms with Crippen LogP contribution in [0.25, 0.3) is 0 Å². The first-order chi connectivity index (χ1) is 6.36. The SMILES string of the molecule is C[C@H](N[C@@H]1CCNC1)c1nccs1. The van der Waals surface area contributed by atoms with Crippen LogP contribution < -0.4 is 10.6 Å². The molecule has 0 spiro atoms. The van der Waals surface area contributed by atoms with Gasteiger partial charge in [0.1, 0.15) is 5.01 Å². The molecule has 0 bridgehead atoms. The second-order valence-corrected chi connectivity index (χ2v) is 4.37. The van der Waals surface area contributed by atoms with Crippen molar-refractivity contribution < 1.29 is 0 Å². The quantitative estimate of drug-likeness (QED) is 0.763. The Morgan fingerprint density at radius 1 is 1.77 bits per heavy atom. The summed E-state index contributed by atoms with van der Waals surface area (Å²) in [6.45, 7) is 4.41. The van der Waals surface area contributed by atoms with Crippen LogP contribution in [0.15, 0.2) is 11.6 Å². The van der Waals surface area contributed by atoms with Crippen LogP contribution in [-0.4, -0.2) is 24.1 Å². The van der Waals surface area contributed by atoms with Gasteiger partial charge in [-0.2, -0.15) is 0 Å². The Morgan fingerprint density at radius 2 is 2.69 bits per heavy atom. The van der Waals surface area contributed by atoms with E-state index >= 15 is 0 Å². The molecule has 0 unspecified atom stereocenters. The van der Waals surface area contributed by atoms with Crippen molar-refractivity contribution in [3.63, 3.8) is 0 Å². The second-order valence-electron chi connectivity index (χ2n) is 3.45. The molecule has 13 heavy (non-hydrogen) atoms. The van der Waals surface area contributed by atoms with Crippen molar-refractivity contribution in [3.8, 4) is 0 Å². The minimum absolute atomic E-state index is 0.393. The average Bonchev–Trinajstić information content (AvgIpc) is 2.74. The highest BCUT2D eigenvalue weighted by Gasteiger charge is 2.17. The van der Waals surface area contributed by atoms with Crippen LogP contribution in [-0.2, 0) is 0 Å². The molecule has 3 nitrogen and oxygen atoms in total. The first-order valence-corrected chi connectivity index (χ1v) is 5.60. The molecule has 1 aliphatic heterocycles. The van der Waals surface area contributed by atoms with Crippen LogP contribution in [0.4, 0.5) is 0 Å². The van der Waals surface area contributed by atoms with Crippen molar-refractivity contribution >= 4 is 11.3 Å². The van der Waals surface area contributed by atoms with Gasteiger partial charge < -0.3 is 10.6 Å². The smallest absolute Gasteiger partial charge is 0.109 e. The number of thiazole rings is 1. The standard InChI is InChI=1S/C9H15N3S/c1-7(9-11-4-5-13-9)12-8-2-3-10-6-8/h4-5,7-8,10,12H,2-3,6H2,1H3/t7-,8+/m0/s1. The summed E-state index contributed by atoms with van der Waals surface area (Å²) in [6.07, 6.45) is 3.10. The highest BCUT2D eigenvalue weighted by atomic mass is 32.1. The maximum atomic E-state index is 4.29. The maximum absolute atomic E-state index is 4.29. The molecule has 4 heteroatoms. The Morgan fingerprint density at radius 3 is 3.31 bits per heavy atom. The average molecular weight is 197 g/mol. The number of hydrogen-bond acceptors (Lipinski definition) is 4. The first-order valence-electron chi connectivity index (χ1n) is 4.72. The molecule has 1 saturated heterocycles. The van der Waals surface area contributed by atoms with Crippen molar-refractivity contribution in [2.75, 3.05) is 13.1 Å². The Balaban J connectivity index is 1.87. The van der Waals surface area contributed by atoms with Crippen LogP contribution in [0.5, 0.6) is 0 Å². The summed E-state index contributed by atoms with van der Waals surface area (Å²) in [5.41, 5.74) is 0. The van der Waals surface area contributed by atoms with Gasteiger partial charge in [-0.25, -0.2) is 4.98 Å². The van der Waals surface area contributed by atoms with Crippen molar-refractivity contribution in [3.05, 3.63) is 16.6 Å². The zero-order valence-corrected chi connectivity index (χ0v) is 8.60. The molecule has 1 aliphatic rings. The van der Waals surface area contributed by atoms with Crippen LogP contribution in [0, 0.1) is 0 Å². The van der Waals surface area contributed by atoms with Crippen molar-refractivity contribution in [1.29, 1.82) is 0 Å². The number of nitrogens with zero attached hydrogens (tertiary/aromatic N) is 1. The zero-order chi connectivity index (χ0) is 9.10. The van der Waals surface area contributed by atoms with Gasteiger partial charge in [-0.05, 0) is 19.9 Å². The summed E-state index contributed by atoms with van der Waals surface area (Å²) in [4.78, 5) is 4.29. The summed E-state index contributed by atoms with van der Waals surface area (Å²) in [6, 6.07) is 1.02. The van der Waals surface area contributed by atoms with Gasteiger partial charge in [0.05, 0.1) is 6.04 Å². The topological polar surface area (TPSA) is 37.0 Å². The van der Waals surface area contributed by atoms with E-state index in [0.29, 0.717) is 12.1 Å². The molecule has 0 amide bonds. The van der Waals surface area contributed by atoms with Crippen LogP contribution >= 0.6 is 11.3 Å². The summed E-state index contributed by atoms with van der Waals surface area (Å²) in [5.74, 6) is 0. The Labute approximate surface area is 82.6 Å². The maximum Gasteiger partial charge on any atom is 0.109 e. The molecular weight excluding hydrogens is 182 g/mol. The predicted octanol–water partition coefficient (Wildman–Crippen LogP) is 1.16. The summed E-state index contributed by atoms with van der Waals surface area (Å²) in [7, 11) is 0. The molecule has 2 rings (SSSR count). The van der Waals surface area contributed by atoms with E-state index in [1.54, 1.807) is 11.3 Å². The summed E-state index contributed by atoms with van der Waals surface area (Å²) < 4.78 is 0. The third-order valence-corrected chi connectivity index (χ3v) is 3.33. The lowest BCUT2D eigenvalue weighted by atomic mass is 10.2. The van der Waals surface area contributed by atoms with E-state index in [4.69, 9.17) is 0 Å². The Kier molecular flexibility index (Phi) is 2.93. The fourth-order valence-corrected chi connectivity index (χ4v) is 2.33. The van der Waals surface area contributed by atoms with Crippen molar-refractivity contribution in [2.45, 2.75) is 25.4 Å². The number of rotatable bonds is 3. The third-order valence-electron chi connectivity index (χ3n) is 2.37. The lowest BCUT2D eigenvalue weighted by Gasteiger charge is -2.16. The molecule has 0 radical (unpaired) electrons. The normalized spacial score (nSPS) is 24.8. The van der Waals surface area contributed by atoms with E-state index in [1.165, 1.54) is 11.4 Å². The van der Waals surface area contributed by atoms with Crippen molar-refractivity contribution in [1.82, 2.24) is 15.6 Å². The summed E-state index contributed by atoms with van der Waals surface area (Å²) >= 11 is 1.72. The van der Waals surface area contributed by atoms with E-state index in [-0.39, 0.29) is 0 Å². The molecule has 2 N–H and O–H groups in total. The Bertz CT molecular complexity index is 241. The van der Waals surface area contributed by atoms with Gasteiger partial charge >= 0.3 is 0 Å². The molecule has 1 fully saturated rings. The van der Waals surface area contributed by atoms with E-state index < -0.39 is 0 Å². The van der Waals surface area contributed by atoms with E-state index in [2.05, 4.69) is 22.5 Å². The Hall–Kier alpha value is -0.450. The molecule has 1 aromatic heterocycles. The van der Waals surface area contributed by atoms with Gasteiger partial charge in [0.15, 0.2) is 0 Å². The molecular formula is C9H15N3S. The highest BCUT2D eigenvalue weighted by Crippen LogP contribution is 2.16. The number of hydrogen-bond donors (Lipinski definition) is 2. The molecule has 1 aromatic rings. The largest absolute Gasteiger partial charge is 0.315 e. The van der Waals surface area contributed by atoms with Gasteiger partial charge in [-0.3, -0.25) is 0 Å².